The molecule has 0 saturated carbocycles. The number of aromatic nitrogens is 1. The Hall–Kier alpha value is -1.46. The molecule has 1 atom stereocenters. The molecule has 2 heterocycles. The number of nitrogens with two attached hydrogens (primary N) is 1. The fourth-order valence-corrected chi connectivity index (χ4v) is 2.25. The van der Waals surface area contributed by atoms with E-state index in [2.05, 4.69) is 24.0 Å². The number of nitrogens with zero attached hydrogens (tertiary/aromatic N) is 3. The van der Waals surface area contributed by atoms with E-state index in [1.807, 2.05) is 4.90 Å². The Kier molecular flexibility index (Phi) is 3.93. The van der Waals surface area contributed by atoms with Crippen LogP contribution in [0.4, 0.5) is 0 Å². The van der Waals surface area contributed by atoms with Crippen LogP contribution in [0, 0.1) is 0 Å². The highest BCUT2D eigenvalue weighted by Gasteiger charge is 2.28. The number of hydrogen-bond acceptors (Lipinski definition) is 4. The predicted octanol–water partition coefficient (Wildman–Crippen LogP) is 0.316. The SMILES string of the molecule is CN(C)C1CCN(C(=O)c2ccnc(CN)c2)C1. The molecule has 0 aliphatic carbocycles. The lowest BCUT2D eigenvalue weighted by atomic mass is 10.2. The van der Waals surface area contributed by atoms with E-state index in [1.54, 1.807) is 18.3 Å². The topological polar surface area (TPSA) is 62.5 Å². The first-order chi connectivity index (χ1) is 8.61. The van der Waals surface area contributed by atoms with Crippen LogP contribution in [0.5, 0.6) is 0 Å². The van der Waals surface area contributed by atoms with E-state index in [4.69, 9.17) is 5.73 Å². The average Bonchev–Trinajstić information content (AvgIpc) is 2.87. The van der Waals surface area contributed by atoms with Gasteiger partial charge in [0, 0.05) is 37.4 Å². The van der Waals surface area contributed by atoms with Gasteiger partial charge in [-0.15, -0.1) is 0 Å². The van der Waals surface area contributed by atoms with Crippen LogP contribution in [-0.4, -0.2) is 53.9 Å². The van der Waals surface area contributed by atoms with Gasteiger partial charge in [-0.05, 0) is 32.6 Å². The fraction of sp³-hybridized carbons (Fsp3) is 0.538. The van der Waals surface area contributed by atoms with Crippen LogP contribution in [0.25, 0.3) is 0 Å². The number of pyridine rings is 1. The summed E-state index contributed by atoms with van der Waals surface area (Å²) >= 11 is 0. The van der Waals surface area contributed by atoms with Gasteiger partial charge < -0.3 is 15.5 Å². The average molecular weight is 248 g/mol. The molecule has 1 aliphatic heterocycles. The van der Waals surface area contributed by atoms with Crippen molar-refractivity contribution in [2.24, 2.45) is 5.73 Å². The number of rotatable bonds is 3. The molecule has 5 nitrogen and oxygen atoms in total. The number of carbonyl (C=O) groups is 1. The van der Waals surface area contributed by atoms with Crippen molar-refractivity contribution >= 4 is 5.91 Å². The van der Waals surface area contributed by atoms with Crippen LogP contribution < -0.4 is 5.73 Å². The zero-order valence-corrected chi connectivity index (χ0v) is 11.0. The molecule has 1 aliphatic rings. The molecule has 0 spiro atoms. The Bertz CT molecular complexity index is 433. The molecule has 98 valence electrons. The molecule has 1 aromatic heterocycles. The lowest BCUT2D eigenvalue weighted by molar-refractivity contribution is 0.0783. The molecule has 1 fully saturated rings. The van der Waals surface area contributed by atoms with Gasteiger partial charge in [-0.3, -0.25) is 9.78 Å². The summed E-state index contributed by atoms with van der Waals surface area (Å²) in [7, 11) is 4.11. The molecule has 1 unspecified atom stereocenters. The molecule has 0 bridgehead atoms. The zero-order chi connectivity index (χ0) is 13.1. The van der Waals surface area contributed by atoms with E-state index in [9.17, 15) is 4.79 Å². The van der Waals surface area contributed by atoms with E-state index in [-0.39, 0.29) is 5.91 Å². The van der Waals surface area contributed by atoms with E-state index in [1.165, 1.54) is 0 Å². The third-order valence-electron chi connectivity index (χ3n) is 3.45. The number of likely N-dealkylation sites (N-methyl/N-ethyl adjacent to an activating group) is 1. The van der Waals surface area contributed by atoms with Crippen molar-refractivity contribution in [3.8, 4) is 0 Å². The van der Waals surface area contributed by atoms with Gasteiger partial charge in [-0.25, -0.2) is 0 Å². The van der Waals surface area contributed by atoms with Crippen molar-refractivity contribution in [1.82, 2.24) is 14.8 Å². The Labute approximate surface area is 108 Å². The highest BCUT2D eigenvalue weighted by atomic mass is 16.2. The molecule has 0 radical (unpaired) electrons. The van der Waals surface area contributed by atoms with Crippen LogP contribution in [0.15, 0.2) is 18.3 Å². The van der Waals surface area contributed by atoms with Crippen molar-refractivity contribution in [2.45, 2.75) is 19.0 Å². The lowest BCUT2D eigenvalue weighted by Crippen LogP contribution is -2.34. The standard InChI is InChI=1S/C13H20N4O/c1-16(2)12-4-6-17(9-12)13(18)10-3-5-15-11(7-10)8-14/h3,5,7,12H,4,6,8-9,14H2,1-2H3. The van der Waals surface area contributed by atoms with Gasteiger partial charge in [0.2, 0.25) is 0 Å². The monoisotopic (exact) mass is 248 g/mol. The summed E-state index contributed by atoms with van der Waals surface area (Å²) in [5, 5.41) is 0. The normalized spacial score (nSPS) is 19.6. The van der Waals surface area contributed by atoms with Crippen molar-refractivity contribution in [1.29, 1.82) is 0 Å². The summed E-state index contributed by atoms with van der Waals surface area (Å²) in [6.45, 7) is 1.98. The second kappa shape index (κ2) is 5.46. The molecule has 0 aromatic carbocycles. The van der Waals surface area contributed by atoms with Gasteiger partial charge in [0.1, 0.15) is 0 Å². The van der Waals surface area contributed by atoms with Gasteiger partial charge in [0.15, 0.2) is 0 Å². The zero-order valence-electron chi connectivity index (χ0n) is 11.0. The number of carbonyl (C=O) groups excluding carboxylic acids is 1. The molecule has 2 rings (SSSR count). The minimum Gasteiger partial charge on any atom is -0.337 e. The Morgan fingerprint density at radius 1 is 1.61 bits per heavy atom. The Morgan fingerprint density at radius 2 is 2.39 bits per heavy atom. The summed E-state index contributed by atoms with van der Waals surface area (Å²) < 4.78 is 0. The predicted molar refractivity (Wildman–Crippen MR) is 70.1 cm³/mol. The molecule has 1 aromatic rings. The highest BCUT2D eigenvalue weighted by molar-refractivity contribution is 5.94. The summed E-state index contributed by atoms with van der Waals surface area (Å²) in [5.41, 5.74) is 6.98. The van der Waals surface area contributed by atoms with Crippen molar-refractivity contribution in [3.63, 3.8) is 0 Å². The van der Waals surface area contributed by atoms with Crippen LogP contribution >= 0.6 is 0 Å². The van der Waals surface area contributed by atoms with E-state index in [0.29, 0.717) is 18.2 Å². The molecular weight excluding hydrogens is 228 g/mol. The summed E-state index contributed by atoms with van der Waals surface area (Å²) in [5.74, 6) is 0.0800. The molecule has 1 saturated heterocycles. The first-order valence-electron chi connectivity index (χ1n) is 6.22. The lowest BCUT2D eigenvalue weighted by Gasteiger charge is -2.20. The van der Waals surface area contributed by atoms with Gasteiger partial charge in [-0.2, -0.15) is 0 Å². The van der Waals surface area contributed by atoms with Gasteiger partial charge in [0.05, 0.1) is 5.69 Å². The summed E-state index contributed by atoms with van der Waals surface area (Å²) in [6, 6.07) is 4.00. The van der Waals surface area contributed by atoms with Crippen LogP contribution in [0.2, 0.25) is 0 Å². The highest BCUT2D eigenvalue weighted by Crippen LogP contribution is 2.16. The maximum absolute atomic E-state index is 12.3. The smallest absolute Gasteiger partial charge is 0.254 e. The van der Waals surface area contributed by atoms with Gasteiger partial charge in [-0.1, -0.05) is 0 Å². The first kappa shape index (κ1) is 13.0. The Morgan fingerprint density at radius 3 is 3.00 bits per heavy atom. The first-order valence-corrected chi connectivity index (χ1v) is 6.22. The van der Waals surface area contributed by atoms with Crippen LogP contribution in [0.3, 0.4) is 0 Å². The number of hydrogen-bond donors (Lipinski definition) is 1. The van der Waals surface area contributed by atoms with E-state index < -0.39 is 0 Å². The number of amides is 1. The quantitative estimate of drug-likeness (QED) is 0.836. The van der Waals surface area contributed by atoms with Crippen LogP contribution in [0.1, 0.15) is 22.5 Å². The second-order valence-electron chi connectivity index (χ2n) is 4.90. The molecular formula is C13H20N4O. The number of likely N-dealkylation sites (tertiary alicyclic amines) is 1. The molecule has 1 amide bonds. The Balaban J connectivity index is 2.08. The molecule has 5 heteroatoms. The molecule has 2 N–H and O–H groups in total. The largest absolute Gasteiger partial charge is 0.337 e. The van der Waals surface area contributed by atoms with E-state index >= 15 is 0 Å². The van der Waals surface area contributed by atoms with Gasteiger partial charge >= 0.3 is 0 Å². The third-order valence-corrected chi connectivity index (χ3v) is 3.45. The fourth-order valence-electron chi connectivity index (χ4n) is 2.25. The van der Waals surface area contributed by atoms with Crippen molar-refractivity contribution in [2.75, 3.05) is 27.2 Å². The van der Waals surface area contributed by atoms with Gasteiger partial charge in [0.25, 0.3) is 5.91 Å². The third kappa shape index (κ3) is 2.68. The van der Waals surface area contributed by atoms with Crippen molar-refractivity contribution in [3.05, 3.63) is 29.6 Å². The minimum absolute atomic E-state index is 0.0800. The summed E-state index contributed by atoms with van der Waals surface area (Å²) in [6.07, 6.45) is 2.68. The molecule has 18 heavy (non-hydrogen) atoms. The second-order valence-corrected chi connectivity index (χ2v) is 4.90. The maximum atomic E-state index is 12.3. The van der Waals surface area contributed by atoms with Crippen molar-refractivity contribution < 1.29 is 4.79 Å². The van der Waals surface area contributed by atoms with E-state index in [0.717, 1.165) is 25.2 Å². The maximum Gasteiger partial charge on any atom is 0.254 e. The van der Waals surface area contributed by atoms with Crippen LogP contribution in [-0.2, 0) is 6.54 Å². The minimum atomic E-state index is 0.0800. The summed E-state index contributed by atoms with van der Waals surface area (Å²) in [4.78, 5) is 20.5.